The van der Waals surface area contributed by atoms with E-state index in [1.165, 1.54) is 4.31 Å². The maximum Gasteiger partial charge on any atom is 0.252 e. The monoisotopic (exact) mass is 351 g/mol. The Morgan fingerprint density at radius 3 is 2.74 bits per heavy atom. The molecule has 8 heteroatoms. The van der Waals surface area contributed by atoms with E-state index in [1.54, 1.807) is 36.7 Å². The van der Waals surface area contributed by atoms with Gasteiger partial charge in [-0.05, 0) is 37.1 Å². The Bertz CT molecular complexity index is 781. The lowest BCUT2D eigenvalue weighted by atomic mass is 10.3. The summed E-state index contributed by atoms with van der Waals surface area (Å²) in [6.45, 7) is 1.16. The number of rotatable bonds is 5. The molecule has 23 heavy (non-hydrogen) atoms. The van der Waals surface area contributed by atoms with Crippen molar-refractivity contribution in [1.29, 1.82) is 0 Å². The second-order valence-corrected chi connectivity index (χ2v) is 8.63. The molecule has 1 N–H and O–H groups in total. The molecule has 0 bridgehead atoms. The van der Waals surface area contributed by atoms with Crippen LogP contribution in [0.25, 0.3) is 0 Å². The van der Waals surface area contributed by atoms with Gasteiger partial charge in [0.1, 0.15) is 4.21 Å². The molecule has 1 fully saturated rings. The number of carbonyl (C=O) groups excluding carboxylic acids is 1. The van der Waals surface area contributed by atoms with Gasteiger partial charge in [0.25, 0.3) is 10.0 Å². The molecule has 1 aliphatic rings. The van der Waals surface area contributed by atoms with E-state index >= 15 is 0 Å². The maximum absolute atomic E-state index is 12.5. The maximum atomic E-state index is 12.5. The molecule has 1 saturated heterocycles. The number of hydrogen-bond donors (Lipinski definition) is 1. The Kier molecular flexibility index (Phi) is 4.74. The standard InChI is InChI=1S/C15H17N3O3S2/c19-14(17-12-4-3-7-16-11-12)10-13-5-6-15(22-13)23(20,21)18-8-1-2-9-18/h3-7,11H,1-2,8-10H2,(H,17,19). The van der Waals surface area contributed by atoms with Crippen molar-refractivity contribution < 1.29 is 13.2 Å². The highest BCUT2D eigenvalue weighted by Crippen LogP contribution is 2.27. The number of hydrogen-bond acceptors (Lipinski definition) is 5. The first-order valence-electron chi connectivity index (χ1n) is 7.34. The van der Waals surface area contributed by atoms with E-state index < -0.39 is 10.0 Å². The van der Waals surface area contributed by atoms with Crippen molar-refractivity contribution >= 4 is 33.0 Å². The number of aromatic nitrogens is 1. The molecule has 1 aliphatic heterocycles. The molecule has 2 aromatic heterocycles. The average molecular weight is 351 g/mol. The van der Waals surface area contributed by atoms with Crippen LogP contribution in [0.4, 0.5) is 5.69 Å². The largest absolute Gasteiger partial charge is 0.324 e. The van der Waals surface area contributed by atoms with Crippen LogP contribution in [-0.4, -0.2) is 36.7 Å². The number of sulfonamides is 1. The highest BCUT2D eigenvalue weighted by molar-refractivity contribution is 7.91. The van der Waals surface area contributed by atoms with E-state index in [0.29, 0.717) is 23.0 Å². The first kappa shape index (κ1) is 16.1. The normalized spacial score (nSPS) is 15.7. The molecule has 3 rings (SSSR count). The van der Waals surface area contributed by atoms with Crippen LogP contribution in [0.2, 0.25) is 0 Å². The second kappa shape index (κ2) is 6.77. The van der Waals surface area contributed by atoms with Gasteiger partial charge in [-0.25, -0.2) is 8.42 Å². The second-order valence-electron chi connectivity index (χ2n) is 5.30. The number of carbonyl (C=O) groups is 1. The molecule has 1 amide bonds. The first-order valence-corrected chi connectivity index (χ1v) is 9.60. The summed E-state index contributed by atoms with van der Waals surface area (Å²) in [6, 6.07) is 6.78. The number of pyridine rings is 1. The summed E-state index contributed by atoms with van der Waals surface area (Å²) in [7, 11) is -3.40. The van der Waals surface area contributed by atoms with Gasteiger partial charge in [-0.15, -0.1) is 11.3 Å². The minimum Gasteiger partial charge on any atom is -0.324 e. The average Bonchev–Trinajstić information content (AvgIpc) is 3.20. The minimum atomic E-state index is -3.40. The van der Waals surface area contributed by atoms with Crippen molar-refractivity contribution in [3.05, 3.63) is 41.5 Å². The molecule has 0 aliphatic carbocycles. The summed E-state index contributed by atoms with van der Waals surface area (Å²) >= 11 is 1.16. The van der Waals surface area contributed by atoms with E-state index in [2.05, 4.69) is 10.3 Å². The first-order chi connectivity index (χ1) is 11.1. The fourth-order valence-electron chi connectivity index (χ4n) is 2.45. The highest BCUT2D eigenvalue weighted by Gasteiger charge is 2.28. The highest BCUT2D eigenvalue weighted by atomic mass is 32.2. The Morgan fingerprint density at radius 1 is 1.26 bits per heavy atom. The van der Waals surface area contributed by atoms with Gasteiger partial charge in [-0.3, -0.25) is 9.78 Å². The summed E-state index contributed by atoms with van der Waals surface area (Å²) in [5.41, 5.74) is 0.624. The molecule has 0 unspecified atom stereocenters. The van der Waals surface area contributed by atoms with E-state index in [4.69, 9.17) is 0 Å². The van der Waals surface area contributed by atoms with E-state index in [9.17, 15) is 13.2 Å². The lowest BCUT2D eigenvalue weighted by Gasteiger charge is -2.13. The topological polar surface area (TPSA) is 79.4 Å². The van der Waals surface area contributed by atoms with E-state index in [0.717, 1.165) is 29.1 Å². The lowest BCUT2D eigenvalue weighted by molar-refractivity contribution is -0.115. The summed E-state index contributed by atoms with van der Waals surface area (Å²) in [6.07, 6.45) is 5.16. The third-order valence-corrected chi connectivity index (χ3v) is 7.03. The van der Waals surface area contributed by atoms with Gasteiger partial charge in [0, 0.05) is 24.2 Å². The quantitative estimate of drug-likeness (QED) is 0.895. The smallest absolute Gasteiger partial charge is 0.252 e. The summed E-state index contributed by atoms with van der Waals surface area (Å²) in [5.74, 6) is -0.190. The van der Waals surface area contributed by atoms with Crippen LogP contribution in [0.5, 0.6) is 0 Å². The van der Waals surface area contributed by atoms with Crippen LogP contribution >= 0.6 is 11.3 Å². The van der Waals surface area contributed by atoms with Gasteiger partial charge < -0.3 is 5.32 Å². The number of amides is 1. The fraction of sp³-hybridized carbons (Fsp3) is 0.333. The Morgan fingerprint density at radius 2 is 2.04 bits per heavy atom. The molecule has 0 radical (unpaired) electrons. The van der Waals surface area contributed by atoms with Crippen molar-refractivity contribution in [1.82, 2.24) is 9.29 Å². The van der Waals surface area contributed by atoms with Gasteiger partial charge >= 0.3 is 0 Å². The van der Waals surface area contributed by atoms with Crippen molar-refractivity contribution in [3.8, 4) is 0 Å². The Hall–Kier alpha value is -1.77. The van der Waals surface area contributed by atoms with Gasteiger partial charge in [0.2, 0.25) is 5.91 Å². The van der Waals surface area contributed by atoms with Crippen LogP contribution in [0.1, 0.15) is 17.7 Å². The minimum absolute atomic E-state index is 0.148. The number of anilines is 1. The summed E-state index contributed by atoms with van der Waals surface area (Å²) in [4.78, 5) is 16.7. The summed E-state index contributed by atoms with van der Waals surface area (Å²) in [5, 5.41) is 2.74. The van der Waals surface area contributed by atoms with Crippen molar-refractivity contribution in [2.24, 2.45) is 0 Å². The van der Waals surface area contributed by atoms with Gasteiger partial charge in [-0.1, -0.05) is 0 Å². The van der Waals surface area contributed by atoms with Crippen molar-refractivity contribution in [2.45, 2.75) is 23.5 Å². The van der Waals surface area contributed by atoms with Crippen LogP contribution < -0.4 is 5.32 Å². The van der Waals surface area contributed by atoms with Crippen LogP contribution in [0.15, 0.2) is 40.9 Å². The molecule has 2 aromatic rings. The molecule has 0 atom stereocenters. The molecule has 6 nitrogen and oxygen atoms in total. The molecule has 0 spiro atoms. The number of thiophene rings is 1. The Labute approximate surface area is 139 Å². The van der Waals surface area contributed by atoms with E-state index in [-0.39, 0.29) is 12.3 Å². The molecular weight excluding hydrogens is 334 g/mol. The van der Waals surface area contributed by atoms with Crippen LogP contribution in [0, 0.1) is 0 Å². The van der Waals surface area contributed by atoms with Crippen LogP contribution in [0.3, 0.4) is 0 Å². The zero-order valence-electron chi connectivity index (χ0n) is 12.4. The van der Waals surface area contributed by atoms with Crippen LogP contribution in [-0.2, 0) is 21.2 Å². The number of nitrogens with one attached hydrogen (secondary N) is 1. The predicted molar refractivity (Wildman–Crippen MR) is 88.9 cm³/mol. The molecule has 0 aromatic carbocycles. The van der Waals surface area contributed by atoms with Gasteiger partial charge in [0.15, 0.2) is 0 Å². The molecular formula is C15H17N3O3S2. The van der Waals surface area contributed by atoms with Gasteiger partial charge in [0.05, 0.1) is 18.3 Å². The predicted octanol–water partition coefficient (Wildman–Crippen LogP) is 2.11. The van der Waals surface area contributed by atoms with Crippen molar-refractivity contribution in [2.75, 3.05) is 18.4 Å². The van der Waals surface area contributed by atoms with Crippen molar-refractivity contribution in [3.63, 3.8) is 0 Å². The third kappa shape index (κ3) is 3.77. The zero-order chi connectivity index (χ0) is 16.3. The molecule has 0 saturated carbocycles. The lowest BCUT2D eigenvalue weighted by Crippen LogP contribution is -2.27. The number of nitrogens with zero attached hydrogens (tertiary/aromatic N) is 2. The Balaban J connectivity index is 1.66. The zero-order valence-corrected chi connectivity index (χ0v) is 14.1. The van der Waals surface area contributed by atoms with E-state index in [1.807, 2.05) is 0 Å². The SMILES string of the molecule is O=C(Cc1ccc(S(=O)(=O)N2CCCC2)s1)Nc1cccnc1. The summed E-state index contributed by atoms with van der Waals surface area (Å²) < 4.78 is 26.7. The van der Waals surface area contributed by atoms with Gasteiger partial charge in [-0.2, -0.15) is 4.31 Å². The fourth-order valence-corrected chi connectivity index (χ4v) is 5.47. The third-order valence-electron chi connectivity index (χ3n) is 3.58. The molecule has 122 valence electrons. The molecule has 3 heterocycles.